The zero-order valence-electron chi connectivity index (χ0n) is 10.7. The number of carboxylic acid groups (broad SMARTS) is 1. The van der Waals surface area contributed by atoms with Crippen molar-refractivity contribution in [2.75, 3.05) is 18.9 Å². The molecule has 1 saturated heterocycles. The molecule has 0 spiro atoms. The Morgan fingerprint density at radius 1 is 1.45 bits per heavy atom. The first kappa shape index (κ1) is 14.5. The summed E-state index contributed by atoms with van der Waals surface area (Å²) in [5.41, 5.74) is 0.220. The molecule has 20 heavy (non-hydrogen) atoms. The zero-order valence-corrected chi connectivity index (χ0v) is 12.3. The summed E-state index contributed by atoms with van der Waals surface area (Å²) in [5, 5.41) is 11.7. The third-order valence-electron chi connectivity index (χ3n) is 3.20. The van der Waals surface area contributed by atoms with E-state index in [-0.39, 0.29) is 29.5 Å². The van der Waals surface area contributed by atoms with E-state index in [4.69, 9.17) is 5.11 Å². The predicted molar refractivity (Wildman–Crippen MR) is 75.5 cm³/mol. The van der Waals surface area contributed by atoms with E-state index in [0.717, 1.165) is 0 Å². The van der Waals surface area contributed by atoms with Crippen LogP contribution < -0.4 is 5.32 Å². The summed E-state index contributed by atoms with van der Waals surface area (Å²) < 4.78 is 0.489. The smallest absolute Gasteiger partial charge is 0.337 e. The molecule has 0 saturated carbocycles. The Labute approximate surface area is 123 Å². The summed E-state index contributed by atoms with van der Waals surface area (Å²) in [6.07, 6.45) is 0.148. The zero-order chi connectivity index (χ0) is 14.9. The van der Waals surface area contributed by atoms with Crippen LogP contribution in [0.15, 0.2) is 22.7 Å². The Bertz CT molecular complexity index is 588. The van der Waals surface area contributed by atoms with Crippen LogP contribution in [0.4, 0.5) is 5.69 Å². The number of para-hydroxylation sites is 1. The Morgan fingerprint density at radius 3 is 2.70 bits per heavy atom. The van der Waals surface area contributed by atoms with Gasteiger partial charge in [0.05, 0.1) is 17.2 Å². The molecule has 0 bridgehead atoms. The van der Waals surface area contributed by atoms with Crippen LogP contribution in [0, 0.1) is 5.92 Å². The van der Waals surface area contributed by atoms with Gasteiger partial charge >= 0.3 is 5.97 Å². The maximum atomic E-state index is 12.1. The van der Waals surface area contributed by atoms with Gasteiger partial charge in [-0.15, -0.1) is 0 Å². The molecule has 106 valence electrons. The van der Waals surface area contributed by atoms with E-state index in [1.165, 1.54) is 11.0 Å². The number of carbonyl (C=O) groups excluding carboxylic acids is 2. The van der Waals surface area contributed by atoms with Crippen molar-refractivity contribution in [1.29, 1.82) is 0 Å². The van der Waals surface area contributed by atoms with Crippen molar-refractivity contribution < 1.29 is 19.5 Å². The van der Waals surface area contributed by atoms with Gasteiger partial charge in [0.1, 0.15) is 0 Å². The molecule has 1 aromatic carbocycles. The second-order valence-corrected chi connectivity index (χ2v) is 5.49. The molecule has 6 nitrogen and oxygen atoms in total. The van der Waals surface area contributed by atoms with Gasteiger partial charge in [0.25, 0.3) is 0 Å². The molecular formula is C13H13BrN2O4. The fourth-order valence-electron chi connectivity index (χ4n) is 2.09. The molecule has 0 radical (unpaired) electrons. The maximum Gasteiger partial charge on any atom is 0.337 e. The number of nitrogens with one attached hydrogen (secondary N) is 1. The molecule has 0 aliphatic carbocycles. The molecule has 1 unspecified atom stereocenters. The number of hydrogen-bond acceptors (Lipinski definition) is 3. The normalized spacial score (nSPS) is 18.2. The highest BCUT2D eigenvalue weighted by atomic mass is 79.9. The van der Waals surface area contributed by atoms with Gasteiger partial charge < -0.3 is 15.3 Å². The van der Waals surface area contributed by atoms with Gasteiger partial charge in [-0.25, -0.2) is 4.79 Å². The summed E-state index contributed by atoms with van der Waals surface area (Å²) in [6.45, 7) is 0.345. The van der Waals surface area contributed by atoms with E-state index in [1.54, 1.807) is 19.2 Å². The van der Waals surface area contributed by atoms with E-state index in [9.17, 15) is 14.4 Å². The average Bonchev–Trinajstić information content (AvgIpc) is 2.72. The van der Waals surface area contributed by atoms with Gasteiger partial charge in [0.2, 0.25) is 11.8 Å². The molecular weight excluding hydrogens is 328 g/mol. The Hall–Kier alpha value is -1.89. The number of halogens is 1. The van der Waals surface area contributed by atoms with Crippen molar-refractivity contribution in [3.63, 3.8) is 0 Å². The van der Waals surface area contributed by atoms with Crippen molar-refractivity contribution in [2.45, 2.75) is 6.42 Å². The number of carbonyl (C=O) groups is 3. The summed E-state index contributed by atoms with van der Waals surface area (Å²) in [5.74, 6) is -2.02. The van der Waals surface area contributed by atoms with E-state index < -0.39 is 11.9 Å². The number of aromatic carboxylic acids is 1. The molecule has 1 aliphatic rings. The summed E-state index contributed by atoms with van der Waals surface area (Å²) >= 11 is 3.22. The predicted octanol–water partition coefficient (Wildman–Crippen LogP) is 1.56. The monoisotopic (exact) mass is 340 g/mol. The standard InChI is InChI=1S/C13H13BrN2O4/c1-16-6-7(5-10(16)17)12(18)15-11-8(13(19)20)3-2-4-9(11)14/h2-4,7H,5-6H2,1H3,(H,15,18)(H,19,20). The summed E-state index contributed by atoms with van der Waals surface area (Å²) in [7, 11) is 1.64. The van der Waals surface area contributed by atoms with E-state index in [1.807, 2.05) is 0 Å². The van der Waals surface area contributed by atoms with Crippen LogP contribution in [0.25, 0.3) is 0 Å². The number of anilines is 1. The van der Waals surface area contributed by atoms with Crippen LogP contribution in [-0.4, -0.2) is 41.4 Å². The van der Waals surface area contributed by atoms with Crippen LogP contribution in [0.3, 0.4) is 0 Å². The van der Waals surface area contributed by atoms with Gasteiger partial charge in [-0.1, -0.05) is 6.07 Å². The fraction of sp³-hybridized carbons (Fsp3) is 0.308. The van der Waals surface area contributed by atoms with Crippen LogP contribution in [0.5, 0.6) is 0 Å². The Morgan fingerprint density at radius 2 is 2.15 bits per heavy atom. The number of amides is 2. The number of benzene rings is 1. The molecule has 1 heterocycles. The third-order valence-corrected chi connectivity index (χ3v) is 3.86. The SMILES string of the molecule is CN1CC(C(=O)Nc2c(Br)cccc2C(=O)O)CC1=O. The number of carboxylic acids is 1. The molecule has 1 fully saturated rings. The Balaban J connectivity index is 2.20. The molecule has 2 amide bonds. The molecule has 1 aromatic rings. The summed E-state index contributed by atoms with van der Waals surface area (Å²) in [6, 6.07) is 4.64. The average molecular weight is 341 g/mol. The fourth-order valence-corrected chi connectivity index (χ4v) is 2.56. The Kier molecular flexibility index (Phi) is 4.08. The van der Waals surface area contributed by atoms with Crippen LogP contribution in [0.2, 0.25) is 0 Å². The molecule has 1 aliphatic heterocycles. The molecule has 2 rings (SSSR count). The molecule has 7 heteroatoms. The first-order chi connectivity index (χ1) is 9.40. The molecule has 2 N–H and O–H groups in total. The topological polar surface area (TPSA) is 86.7 Å². The highest BCUT2D eigenvalue weighted by Crippen LogP contribution is 2.28. The lowest BCUT2D eigenvalue weighted by Gasteiger charge is -2.14. The molecule has 0 aromatic heterocycles. The minimum Gasteiger partial charge on any atom is -0.478 e. The van der Waals surface area contributed by atoms with Crippen LogP contribution in [0.1, 0.15) is 16.8 Å². The first-order valence-electron chi connectivity index (χ1n) is 5.96. The van der Waals surface area contributed by atoms with Gasteiger partial charge in [-0.3, -0.25) is 9.59 Å². The third kappa shape index (κ3) is 2.82. The lowest BCUT2D eigenvalue weighted by atomic mass is 10.1. The van der Waals surface area contributed by atoms with Gasteiger partial charge in [-0.05, 0) is 28.1 Å². The lowest BCUT2D eigenvalue weighted by molar-refractivity contribution is -0.127. The van der Waals surface area contributed by atoms with E-state index in [2.05, 4.69) is 21.2 Å². The van der Waals surface area contributed by atoms with Gasteiger partial charge in [-0.2, -0.15) is 0 Å². The minimum absolute atomic E-state index is 0.00500. The highest BCUT2D eigenvalue weighted by molar-refractivity contribution is 9.10. The summed E-state index contributed by atoms with van der Waals surface area (Å²) in [4.78, 5) is 36.2. The highest BCUT2D eigenvalue weighted by Gasteiger charge is 2.32. The second-order valence-electron chi connectivity index (χ2n) is 4.63. The molecule has 1 atom stereocenters. The van der Waals surface area contributed by atoms with Crippen molar-refractivity contribution in [3.8, 4) is 0 Å². The van der Waals surface area contributed by atoms with E-state index >= 15 is 0 Å². The van der Waals surface area contributed by atoms with Gasteiger partial charge in [0.15, 0.2) is 0 Å². The number of nitrogens with zero attached hydrogens (tertiary/aromatic N) is 1. The largest absolute Gasteiger partial charge is 0.478 e. The van der Waals surface area contributed by atoms with Crippen LogP contribution in [-0.2, 0) is 9.59 Å². The minimum atomic E-state index is -1.12. The van der Waals surface area contributed by atoms with E-state index in [0.29, 0.717) is 11.0 Å². The maximum absolute atomic E-state index is 12.1. The lowest BCUT2D eigenvalue weighted by Crippen LogP contribution is -2.26. The van der Waals surface area contributed by atoms with Crippen molar-refractivity contribution in [3.05, 3.63) is 28.2 Å². The van der Waals surface area contributed by atoms with Crippen molar-refractivity contribution in [1.82, 2.24) is 4.90 Å². The van der Waals surface area contributed by atoms with Crippen molar-refractivity contribution >= 4 is 39.4 Å². The quantitative estimate of drug-likeness (QED) is 0.874. The van der Waals surface area contributed by atoms with Crippen LogP contribution >= 0.6 is 15.9 Å². The first-order valence-corrected chi connectivity index (χ1v) is 6.76. The second kappa shape index (κ2) is 5.62. The van der Waals surface area contributed by atoms with Gasteiger partial charge in [0, 0.05) is 24.5 Å². The number of likely N-dealkylation sites (tertiary alicyclic amines) is 1. The van der Waals surface area contributed by atoms with Crippen molar-refractivity contribution in [2.24, 2.45) is 5.92 Å². The number of hydrogen-bond donors (Lipinski definition) is 2. The number of rotatable bonds is 3.